The zero-order valence-corrected chi connectivity index (χ0v) is 20.5. The zero-order valence-electron chi connectivity index (χ0n) is 19.7. The number of nitrogens with one attached hydrogen (secondary N) is 1. The fourth-order valence-electron chi connectivity index (χ4n) is 4.06. The molecule has 3 rings (SSSR count). The number of carbonyl (C=O) groups is 1. The Balaban J connectivity index is 1.73. The molecule has 6 heteroatoms. The normalized spacial score (nSPS) is 12.2. The molecule has 3 aromatic rings. The van der Waals surface area contributed by atoms with Crippen LogP contribution in [0.1, 0.15) is 46.7 Å². The molecule has 0 aliphatic carbocycles. The molecule has 1 atom stereocenters. The van der Waals surface area contributed by atoms with Gasteiger partial charge in [-0.2, -0.15) is 0 Å². The fraction of sp³-hybridized carbons (Fsp3) is 0.296. The van der Waals surface area contributed by atoms with Gasteiger partial charge in [0.2, 0.25) is 15.9 Å². The summed E-state index contributed by atoms with van der Waals surface area (Å²) in [6, 6.07) is 23.2. The number of para-hydroxylation sites is 1. The molecule has 5 nitrogen and oxygen atoms in total. The Morgan fingerprint density at radius 2 is 1.58 bits per heavy atom. The second kappa shape index (κ2) is 10.7. The summed E-state index contributed by atoms with van der Waals surface area (Å²) in [5, 5.41) is 3.17. The Morgan fingerprint density at radius 1 is 0.909 bits per heavy atom. The molecule has 0 saturated heterocycles. The van der Waals surface area contributed by atoms with Gasteiger partial charge in [-0.05, 0) is 55.5 Å². The topological polar surface area (TPSA) is 66.5 Å². The van der Waals surface area contributed by atoms with Gasteiger partial charge in [0, 0.05) is 13.0 Å². The smallest absolute Gasteiger partial charge is 0.232 e. The zero-order chi connectivity index (χ0) is 24.0. The lowest BCUT2D eigenvalue weighted by molar-refractivity contribution is -0.121. The van der Waals surface area contributed by atoms with Gasteiger partial charge in [0.05, 0.1) is 18.0 Å². The van der Waals surface area contributed by atoms with Crippen molar-refractivity contribution in [3.63, 3.8) is 0 Å². The summed E-state index contributed by atoms with van der Waals surface area (Å²) < 4.78 is 26.2. The van der Waals surface area contributed by atoms with Gasteiger partial charge in [0.25, 0.3) is 0 Å². The molecule has 3 aromatic carbocycles. The molecule has 0 fully saturated rings. The highest BCUT2D eigenvalue weighted by molar-refractivity contribution is 7.92. The van der Waals surface area contributed by atoms with Crippen LogP contribution in [0.5, 0.6) is 0 Å². The summed E-state index contributed by atoms with van der Waals surface area (Å²) in [6.07, 6.45) is 1.85. The molecular weight excluding hydrogens is 432 g/mol. The molecule has 0 aliphatic rings. The highest BCUT2D eigenvalue weighted by Crippen LogP contribution is 2.26. The molecule has 174 valence electrons. The minimum atomic E-state index is -3.46. The summed E-state index contributed by atoms with van der Waals surface area (Å²) in [5.41, 5.74) is 5.89. The summed E-state index contributed by atoms with van der Waals surface area (Å²) >= 11 is 0. The molecule has 0 radical (unpaired) electrons. The first-order chi connectivity index (χ1) is 15.7. The van der Waals surface area contributed by atoms with Crippen molar-refractivity contribution in [3.8, 4) is 0 Å². The number of carbonyl (C=O) groups excluding carboxylic acids is 1. The highest BCUT2D eigenvalue weighted by atomic mass is 32.2. The Labute approximate surface area is 197 Å². The van der Waals surface area contributed by atoms with Crippen molar-refractivity contribution in [2.24, 2.45) is 0 Å². The van der Waals surface area contributed by atoms with Crippen LogP contribution in [0.2, 0.25) is 0 Å². The van der Waals surface area contributed by atoms with Crippen molar-refractivity contribution >= 4 is 21.6 Å². The molecule has 0 heterocycles. The number of nitrogens with zero attached hydrogens (tertiary/aromatic N) is 1. The Bertz CT molecular complexity index is 1210. The van der Waals surface area contributed by atoms with Crippen LogP contribution in [-0.2, 0) is 14.8 Å². The number of rotatable bonds is 9. The average molecular weight is 465 g/mol. The summed E-state index contributed by atoms with van der Waals surface area (Å²) in [4.78, 5) is 12.9. The number of aryl methyl sites for hydroxylation is 3. The number of benzene rings is 3. The van der Waals surface area contributed by atoms with Crippen LogP contribution in [0, 0.1) is 20.8 Å². The van der Waals surface area contributed by atoms with E-state index in [9.17, 15) is 13.2 Å². The molecule has 1 unspecified atom stereocenters. The monoisotopic (exact) mass is 464 g/mol. The molecule has 0 aliphatic heterocycles. The van der Waals surface area contributed by atoms with Crippen molar-refractivity contribution in [2.45, 2.75) is 39.7 Å². The molecule has 0 saturated carbocycles. The Hall–Kier alpha value is -3.12. The number of hydrogen-bond acceptors (Lipinski definition) is 3. The molecule has 0 bridgehead atoms. The van der Waals surface area contributed by atoms with Gasteiger partial charge >= 0.3 is 0 Å². The second-order valence-electron chi connectivity index (χ2n) is 8.50. The van der Waals surface area contributed by atoms with E-state index in [-0.39, 0.29) is 24.9 Å². The summed E-state index contributed by atoms with van der Waals surface area (Å²) in [7, 11) is -3.46. The van der Waals surface area contributed by atoms with E-state index >= 15 is 0 Å². The third kappa shape index (κ3) is 6.45. The quantitative estimate of drug-likeness (QED) is 0.481. The van der Waals surface area contributed by atoms with Crippen molar-refractivity contribution in [1.82, 2.24) is 5.32 Å². The van der Waals surface area contributed by atoms with Gasteiger partial charge in [-0.15, -0.1) is 0 Å². The highest BCUT2D eigenvalue weighted by Gasteiger charge is 2.21. The maximum absolute atomic E-state index is 12.9. The van der Waals surface area contributed by atoms with Crippen LogP contribution in [0.3, 0.4) is 0 Å². The van der Waals surface area contributed by atoms with Gasteiger partial charge < -0.3 is 5.32 Å². The maximum Gasteiger partial charge on any atom is 0.232 e. The molecule has 1 N–H and O–H groups in total. The third-order valence-electron chi connectivity index (χ3n) is 5.72. The van der Waals surface area contributed by atoms with Crippen LogP contribution < -0.4 is 9.62 Å². The molecule has 33 heavy (non-hydrogen) atoms. The number of hydrogen-bond donors (Lipinski definition) is 1. The van der Waals surface area contributed by atoms with E-state index in [1.807, 2.05) is 55.5 Å². The first-order valence-corrected chi connectivity index (χ1v) is 13.0. The van der Waals surface area contributed by atoms with Crippen LogP contribution in [0.15, 0.2) is 72.8 Å². The van der Waals surface area contributed by atoms with E-state index in [0.717, 1.165) is 22.3 Å². The van der Waals surface area contributed by atoms with Crippen LogP contribution in [0.25, 0.3) is 0 Å². The van der Waals surface area contributed by atoms with E-state index in [1.165, 1.54) is 16.1 Å². The SMILES string of the molecule is Cc1ccc(C(NC(=O)CCCN(c2ccccc2C)S(C)(=O)=O)c2ccccc2)c(C)c1. The lowest BCUT2D eigenvalue weighted by atomic mass is 9.93. The second-order valence-corrected chi connectivity index (χ2v) is 10.4. The molecule has 1 amide bonds. The van der Waals surface area contributed by atoms with Gasteiger partial charge in [-0.25, -0.2) is 8.42 Å². The van der Waals surface area contributed by atoms with Crippen molar-refractivity contribution in [3.05, 3.63) is 101 Å². The summed E-state index contributed by atoms with van der Waals surface area (Å²) in [6.45, 7) is 6.23. The van der Waals surface area contributed by atoms with Crippen molar-refractivity contribution < 1.29 is 13.2 Å². The van der Waals surface area contributed by atoms with Gasteiger partial charge in [0.15, 0.2) is 0 Å². The predicted molar refractivity (Wildman–Crippen MR) is 135 cm³/mol. The first kappa shape index (κ1) is 24.5. The van der Waals surface area contributed by atoms with E-state index in [4.69, 9.17) is 0 Å². The van der Waals surface area contributed by atoms with Crippen molar-refractivity contribution in [1.29, 1.82) is 0 Å². The largest absolute Gasteiger partial charge is 0.345 e. The van der Waals surface area contributed by atoms with Gasteiger partial charge in [-0.3, -0.25) is 9.10 Å². The Morgan fingerprint density at radius 3 is 2.21 bits per heavy atom. The predicted octanol–water partition coefficient (Wildman–Crippen LogP) is 5.06. The molecule has 0 aromatic heterocycles. The standard InChI is InChI=1S/C27H32N2O3S/c1-20-16-17-24(22(3)19-20)27(23-12-6-5-7-13-23)28-26(30)15-10-18-29(33(4,31)32)25-14-9-8-11-21(25)2/h5-9,11-14,16-17,19,27H,10,15,18H2,1-4H3,(H,28,30). The van der Waals surface area contributed by atoms with Crippen LogP contribution in [0.4, 0.5) is 5.69 Å². The molecule has 0 spiro atoms. The number of sulfonamides is 1. The fourth-order valence-corrected chi connectivity index (χ4v) is 5.08. The minimum absolute atomic E-state index is 0.109. The number of amides is 1. The Kier molecular flexibility index (Phi) is 7.92. The third-order valence-corrected chi connectivity index (χ3v) is 6.90. The lowest BCUT2D eigenvalue weighted by Crippen LogP contribution is -2.33. The van der Waals surface area contributed by atoms with Gasteiger partial charge in [0.1, 0.15) is 0 Å². The lowest BCUT2D eigenvalue weighted by Gasteiger charge is -2.25. The number of anilines is 1. The summed E-state index contributed by atoms with van der Waals surface area (Å²) in [5.74, 6) is -0.109. The first-order valence-electron chi connectivity index (χ1n) is 11.1. The minimum Gasteiger partial charge on any atom is -0.345 e. The maximum atomic E-state index is 12.9. The van der Waals surface area contributed by atoms with Crippen LogP contribution in [-0.4, -0.2) is 27.1 Å². The van der Waals surface area contributed by atoms with E-state index in [1.54, 1.807) is 6.07 Å². The molecular formula is C27H32N2O3S. The van der Waals surface area contributed by atoms with E-state index in [2.05, 4.69) is 37.4 Å². The van der Waals surface area contributed by atoms with E-state index < -0.39 is 10.0 Å². The average Bonchev–Trinajstić information content (AvgIpc) is 2.76. The van der Waals surface area contributed by atoms with Crippen molar-refractivity contribution in [2.75, 3.05) is 17.1 Å². The van der Waals surface area contributed by atoms with E-state index in [0.29, 0.717) is 12.1 Å². The van der Waals surface area contributed by atoms with Gasteiger partial charge in [-0.1, -0.05) is 72.3 Å². The van der Waals surface area contributed by atoms with Crippen LogP contribution >= 0.6 is 0 Å².